The van der Waals surface area contributed by atoms with E-state index < -0.39 is 17.4 Å². The summed E-state index contributed by atoms with van der Waals surface area (Å²) in [4.78, 5) is 17.8. The third-order valence-electron chi connectivity index (χ3n) is 6.61. The van der Waals surface area contributed by atoms with Gasteiger partial charge in [0.15, 0.2) is 0 Å². The number of likely N-dealkylation sites (tertiary alicyclic amines) is 1. The van der Waals surface area contributed by atoms with Gasteiger partial charge in [-0.25, -0.2) is 8.78 Å². The maximum Gasteiger partial charge on any atom is 0.267 e. The normalized spacial score (nSPS) is 34.3. The van der Waals surface area contributed by atoms with Crippen molar-refractivity contribution in [3.05, 3.63) is 29.6 Å². The molecule has 0 aromatic carbocycles. The van der Waals surface area contributed by atoms with Crippen molar-refractivity contribution in [1.29, 1.82) is 0 Å². The molecule has 4 rings (SSSR count). The number of rotatable bonds is 4. The third-order valence-corrected chi connectivity index (χ3v) is 6.61. The lowest BCUT2D eigenvalue weighted by Crippen LogP contribution is -2.63. The summed E-state index contributed by atoms with van der Waals surface area (Å²) in [6.07, 6.45) is 4.62. The van der Waals surface area contributed by atoms with Crippen LogP contribution in [0.5, 0.6) is 0 Å². The number of methoxy groups -OCH3 is 1. The molecular weight excluding hydrogens is 340 g/mol. The summed E-state index contributed by atoms with van der Waals surface area (Å²) in [6, 6.07) is 3.61. The minimum atomic E-state index is -2.50. The average molecular weight is 365 g/mol. The molecule has 3 aliphatic rings. The number of piperidine rings is 1. The fourth-order valence-corrected chi connectivity index (χ4v) is 5.38. The molecule has 2 heterocycles. The smallest absolute Gasteiger partial charge is 0.267 e. The Morgan fingerprint density at radius 3 is 2.50 bits per heavy atom. The van der Waals surface area contributed by atoms with E-state index in [0.29, 0.717) is 0 Å². The van der Waals surface area contributed by atoms with Crippen LogP contribution in [0.25, 0.3) is 0 Å². The van der Waals surface area contributed by atoms with E-state index in [9.17, 15) is 13.6 Å². The number of fused-ring (bicyclic) bond motifs is 2. The molecule has 1 aromatic heterocycles. The molecule has 2 atom stereocenters. The number of amides is 1. The van der Waals surface area contributed by atoms with Crippen molar-refractivity contribution >= 4 is 5.91 Å². The van der Waals surface area contributed by atoms with E-state index in [1.54, 1.807) is 19.4 Å². The highest BCUT2D eigenvalue weighted by molar-refractivity contribution is 5.90. The maximum absolute atomic E-state index is 13.3. The van der Waals surface area contributed by atoms with E-state index in [4.69, 9.17) is 10.5 Å². The van der Waals surface area contributed by atoms with Crippen molar-refractivity contribution in [2.24, 2.45) is 17.6 Å². The molecule has 26 heavy (non-hydrogen) atoms. The number of hydrogen-bond donors (Lipinski definition) is 1. The Bertz CT molecular complexity index is 690. The molecule has 2 N–H and O–H groups in total. The first-order valence-electron chi connectivity index (χ1n) is 9.29. The van der Waals surface area contributed by atoms with E-state index in [1.807, 2.05) is 6.07 Å². The molecule has 2 unspecified atom stereocenters. The first kappa shape index (κ1) is 17.8. The number of ether oxygens (including phenoxy) is 1. The van der Waals surface area contributed by atoms with Crippen LogP contribution in [0.15, 0.2) is 18.3 Å². The van der Waals surface area contributed by atoms with Gasteiger partial charge in [0, 0.05) is 57.1 Å². The zero-order valence-corrected chi connectivity index (χ0v) is 15.0. The highest BCUT2D eigenvalue weighted by atomic mass is 19.3. The van der Waals surface area contributed by atoms with Crippen molar-refractivity contribution in [2.75, 3.05) is 20.2 Å². The lowest BCUT2D eigenvalue weighted by atomic mass is 9.61. The number of alkyl halides is 2. The minimum Gasteiger partial charge on any atom is -0.373 e. The molecule has 7 heteroatoms. The second-order valence-corrected chi connectivity index (χ2v) is 7.99. The summed E-state index contributed by atoms with van der Waals surface area (Å²) in [6.45, 7) is 1.50. The summed E-state index contributed by atoms with van der Waals surface area (Å²) in [5.41, 5.74) is 6.06. The Hall–Kier alpha value is -1.60. The van der Waals surface area contributed by atoms with Crippen LogP contribution < -0.4 is 5.73 Å². The van der Waals surface area contributed by atoms with Gasteiger partial charge in [-0.2, -0.15) is 0 Å². The van der Waals surface area contributed by atoms with Crippen LogP contribution in [0.3, 0.4) is 0 Å². The monoisotopic (exact) mass is 365 g/mol. The molecule has 1 amide bonds. The van der Waals surface area contributed by atoms with Crippen LogP contribution >= 0.6 is 0 Å². The molecule has 5 nitrogen and oxygen atoms in total. The number of pyridine rings is 1. The van der Waals surface area contributed by atoms with Crippen LogP contribution in [-0.2, 0) is 10.3 Å². The van der Waals surface area contributed by atoms with E-state index in [-0.39, 0.29) is 36.4 Å². The summed E-state index contributed by atoms with van der Waals surface area (Å²) in [5.74, 6) is -2.65. The van der Waals surface area contributed by atoms with Gasteiger partial charge in [0.1, 0.15) is 11.3 Å². The number of halogens is 2. The van der Waals surface area contributed by atoms with Gasteiger partial charge in [-0.15, -0.1) is 0 Å². The minimum absolute atomic E-state index is 0.0263. The standard InChI is InChI=1S/C19H25F2N3O2/c1-26-19(12-5-6-23-16(7-12)17(22)25)13-3-2-4-14(19)11-24(10-13)15-8-18(20,21)9-15/h5-7,13-15H,2-4,8-11H2,1H3,(H2,22,25). The zero-order valence-electron chi connectivity index (χ0n) is 15.0. The summed E-state index contributed by atoms with van der Waals surface area (Å²) >= 11 is 0. The van der Waals surface area contributed by atoms with Crippen molar-refractivity contribution in [1.82, 2.24) is 9.88 Å². The lowest BCUT2D eigenvalue weighted by Gasteiger charge is -2.58. The Kier molecular flexibility index (Phi) is 4.27. The summed E-state index contributed by atoms with van der Waals surface area (Å²) in [7, 11) is 1.71. The van der Waals surface area contributed by atoms with Crippen molar-refractivity contribution < 1.29 is 18.3 Å². The fourth-order valence-electron chi connectivity index (χ4n) is 5.38. The molecule has 1 saturated heterocycles. The number of primary amides is 1. The Morgan fingerprint density at radius 2 is 1.96 bits per heavy atom. The van der Waals surface area contributed by atoms with Crippen LogP contribution in [-0.4, -0.2) is 48.0 Å². The molecule has 3 fully saturated rings. The van der Waals surface area contributed by atoms with E-state index in [2.05, 4.69) is 9.88 Å². The first-order chi connectivity index (χ1) is 12.4. The molecule has 2 aliphatic carbocycles. The Labute approximate surface area is 151 Å². The maximum atomic E-state index is 13.3. The lowest BCUT2D eigenvalue weighted by molar-refractivity contribution is -0.197. The van der Waals surface area contributed by atoms with Crippen molar-refractivity contribution in [2.45, 2.75) is 49.7 Å². The van der Waals surface area contributed by atoms with Gasteiger partial charge in [0.2, 0.25) is 0 Å². The fraction of sp³-hybridized carbons (Fsp3) is 0.684. The highest BCUT2D eigenvalue weighted by Gasteiger charge is 2.57. The van der Waals surface area contributed by atoms with Gasteiger partial charge in [-0.1, -0.05) is 6.42 Å². The number of nitrogens with two attached hydrogens (primary N) is 1. The SMILES string of the molecule is COC1(c2ccnc(C(N)=O)c2)C2CCCC1CN(C1CC(F)(F)C1)C2. The molecule has 2 bridgehead atoms. The first-order valence-corrected chi connectivity index (χ1v) is 9.29. The molecule has 1 aromatic rings. The number of nitrogens with zero attached hydrogens (tertiary/aromatic N) is 2. The van der Waals surface area contributed by atoms with Crippen LogP contribution in [0.1, 0.15) is 48.2 Å². The number of carbonyl (C=O) groups is 1. The Balaban J connectivity index is 1.64. The second-order valence-electron chi connectivity index (χ2n) is 7.99. The highest BCUT2D eigenvalue weighted by Crippen LogP contribution is 2.53. The van der Waals surface area contributed by atoms with Crippen LogP contribution in [0.2, 0.25) is 0 Å². The summed E-state index contributed by atoms with van der Waals surface area (Å²) < 4.78 is 32.8. The second kappa shape index (κ2) is 6.23. The van der Waals surface area contributed by atoms with Crippen LogP contribution in [0.4, 0.5) is 8.78 Å². The van der Waals surface area contributed by atoms with Gasteiger partial charge in [0.05, 0.1) is 0 Å². The molecule has 1 aliphatic heterocycles. The van der Waals surface area contributed by atoms with Gasteiger partial charge in [0.25, 0.3) is 11.8 Å². The molecule has 2 saturated carbocycles. The summed E-state index contributed by atoms with van der Waals surface area (Å²) in [5, 5.41) is 0. The molecule has 0 radical (unpaired) electrons. The predicted octanol–water partition coefficient (Wildman–Crippen LogP) is 2.55. The van der Waals surface area contributed by atoms with E-state index >= 15 is 0 Å². The van der Waals surface area contributed by atoms with Gasteiger partial charge in [-0.05, 0) is 30.5 Å². The number of aromatic nitrogens is 1. The topological polar surface area (TPSA) is 68.5 Å². The average Bonchev–Trinajstić information content (AvgIpc) is 2.58. The quantitative estimate of drug-likeness (QED) is 0.890. The van der Waals surface area contributed by atoms with Gasteiger partial charge < -0.3 is 10.5 Å². The third kappa shape index (κ3) is 2.72. The predicted molar refractivity (Wildman–Crippen MR) is 91.8 cm³/mol. The van der Waals surface area contributed by atoms with Crippen molar-refractivity contribution in [3.8, 4) is 0 Å². The van der Waals surface area contributed by atoms with Crippen molar-refractivity contribution in [3.63, 3.8) is 0 Å². The molecule has 142 valence electrons. The zero-order chi connectivity index (χ0) is 18.5. The number of hydrogen-bond acceptors (Lipinski definition) is 4. The molecule has 0 spiro atoms. The van der Waals surface area contributed by atoms with E-state index in [0.717, 1.165) is 37.9 Å². The number of carbonyl (C=O) groups excluding carboxylic acids is 1. The Morgan fingerprint density at radius 1 is 1.31 bits per heavy atom. The van der Waals surface area contributed by atoms with Crippen LogP contribution in [0, 0.1) is 11.8 Å². The largest absolute Gasteiger partial charge is 0.373 e. The van der Waals surface area contributed by atoms with Gasteiger partial charge >= 0.3 is 0 Å². The van der Waals surface area contributed by atoms with Gasteiger partial charge in [-0.3, -0.25) is 14.7 Å². The molecular formula is C19H25F2N3O2. The van der Waals surface area contributed by atoms with E-state index in [1.165, 1.54) is 0 Å².